The topological polar surface area (TPSA) is 101 Å². The molecule has 0 fully saturated rings. The van der Waals surface area contributed by atoms with E-state index in [0.717, 1.165) is 5.56 Å². The number of H-pyrrole nitrogens is 1. The van der Waals surface area contributed by atoms with Gasteiger partial charge in [-0.3, -0.25) is 9.89 Å². The molecule has 1 amide bonds. The first-order valence-electron chi connectivity index (χ1n) is 7.18. The minimum Gasteiger partial charge on any atom is -0.341 e. The first kappa shape index (κ1) is 14.9. The fourth-order valence-corrected chi connectivity index (χ4v) is 2.12. The Bertz CT molecular complexity index is 753. The largest absolute Gasteiger partial charge is 0.341 e. The van der Waals surface area contributed by atoms with Crippen molar-refractivity contribution in [2.75, 3.05) is 7.05 Å². The molecule has 2 heterocycles. The van der Waals surface area contributed by atoms with E-state index in [-0.39, 0.29) is 5.91 Å². The van der Waals surface area contributed by atoms with Gasteiger partial charge in [0.2, 0.25) is 17.6 Å². The lowest BCUT2D eigenvalue weighted by Gasteiger charge is -2.16. The molecular weight excluding hydrogens is 296 g/mol. The number of carbonyl (C=O) groups excluding carboxylic acids is 1. The van der Waals surface area contributed by atoms with E-state index in [2.05, 4.69) is 25.3 Å². The Balaban J connectivity index is 1.52. The van der Waals surface area contributed by atoms with Crippen molar-refractivity contribution in [1.29, 1.82) is 0 Å². The van der Waals surface area contributed by atoms with Crippen LogP contribution in [0.2, 0.25) is 0 Å². The summed E-state index contributed by atoms with van der Waals surface area (Å²) in [6.45, 7) is 0.576. The maximum atomic E-state index is 12.2. The lowest BCUT2D eigenvalue weighted by Crippen LogP contribution is -2.26. The molecule has 2 aromatic heterocycles. The van der Waals surface area contributed by atoms with Gasteiger partial charge in [0, 0.05) is 26.4 Å². The molecule has 0 aliphatic rings. The summed E-state index contributed by atoms with van der Waals surface area (Å²) < 4.78 is 5.12. The van der Waals surface area contributed by atoms with Gasteiger partial charge in [-0.15, -0.1) is 0 Å². The molecule has 0 aliphatic heterocycles. The lowest BCUT2D eigenvalue weighted by atomic mass is 10.2. The average Bonchev–Trinajstić information content (AvgIpc) is 3.24. The number of carbonyl (C=O) groups is 1. The summed E-state index contributed by atoms with van der Waals surface area (Å²) in [6, 6.07) is 9.85. The van der Waals surface area contributed by atoms with E-state index in [4.69, 9.17) is 4.52 Å². The molecule has 23 heavy (non-hydrogen) atoms. The van der Waals surface area contributed by atoms with Crippen LogP contribution in [0.15, 0.2) is 41.2 Å². The Labute approximate surface area is 132 Å². The van der Waals surface area contributed by atoms with Gasteiger partial charge >= 0.3 is 0 Å². The van der Waals surface area contributed by atoms with E-state index in [1.54, 1.807) is 11.9 Å². The van der Waals surface area contributed by atoms with Crippen LogP contribution in [0.4, 0.5) is 0 Å². The van der Waals surface area contributed by atoms with E-state index in [1.165, 1.54) is 6.33 Å². The van der Waals surface area contributed by atoms with Gasteiger partial charge in [0.1, 0.15) is 6.33 Å². The SMILES string of the molecule is CN(Cc1ccccc1)C(=O)CCc1nc(-c2ncn[nH]2)no1. The summed E-state index contributed by atoms with van der Waals surface area (Å²) in [7, 11) is 1.78. The molecule has 3 aromatic rings. The zero-order valence-electron chi connectivity index (χ0n) is 12.6. The van der Waals surface area contributed by atoms with Gasteiger partial charge in [-0.2, -0.15) is 10.1 Å². The molecule has 118 valence electrons. The summed E-state index contributed by atoms with van der Waals surface area (Å²) in [6.07, 6.45) is 2.06. The van der Waals surface area contributed by atoms with Crippen molar-refractivity contribution in [3.63, 3.8) is 0 Å². The summed E-state index contributed by atoms with van der Waals surface area (Å²) in [4.78, 5) is 22.0. The number of rotatable bonds is 6. The van der Waals surface area contributed by atoms with Gasteiger partial charge in [-0.25, -0.2) is 4.98 Å². The number of nitrogens with zero attached hydrogens (tertiary/aromatic N) is 5. The number of hydrogen-bond acceptors (Lipinski definition) is 6. The minimum atomic E-state index is 0.0215. The standard InChI is InChI=1S/C15H16N6O2/c1-21(9-11-5-3-2-4-6-11)13(22)8-7-12-18-15(20-23-12)14-16-10-17-19-14/h2-6,10H,7-9H2,1H3,(H,16,17,19). The highest BCUT2D eigenvalue weighted by atomic mass is 16.5. The van der Waals surface area contributed by atoms with Crippen LogP contribution in [0, 0.1) is 0 Å². The Kier molecular flexibility index (Phi) is 4.41. The number of amides is 1. The summed E-state index contributed by atoms with van der Waals surface area (Å²) in [5.74, 6) is 1.20. The molecule has 0 spiro atoms. The predicted octanol–water partition coefficient (Wildman–Crippen LogP) is 1.45. The predicted molar refractivity (Wildman–Crippen MR) is 80.9 cm³/mol. The van der Waals surface area contributed by atoms with Crippen molar-refractivity contribution in [3.8, 4) is 11.6 Å². The quantitative estimate of drug-likeness (QED) is 0.739. The second-order valence-electron chi connectivity index (χ2n) is 5.08. The van der Waals surface area contributed by atoms with Crippen LogP contribution in [0.25, 0.3) is 11.6 Å². The number of aromatic nitrogens is 5. The van der Waals surface area contributed by atoms with Gasteiger partial charge < -0.3 is 9.42 Å². The third kappa shape index (κ3) is 3.79. The number of hydrogen-bond donors (Lipinski definition) is 1. The molecule has 0 saturated heterocycles. The molecule has 0 atom stereocenters. The maximum Gasteiger partial charge on any atom is 0.239 e. The second kappa shape index (κ2) is 6.82. The zero-order chi connectivity index (χ0) is 16.1. The maximum absolute atomic E-state index is 12.2. The molecule has 1 N–H and O–H groups in total. The van der Waals surface area contributed by atoms with Gasteiger partial charge in [0.15, 0.2) is 5.82 Å². The molecule has 0 radical (unpaired) electrons. The molecule has 8 nitrogen and oxygen atoms in total. The first-order chi connectivity index (χ1) is 11.2. The Morgan fingerprint density at radius 1 is 1.30 bits per heavy atom. The summed E-state index contributed by atoms with van der Waals surface area (Å²) in [5, 5.41) is 10.2. The lowest BCUT2D eigenvalue weighted by molar-refractivity contribution is -0.130. The van der Waals surface area contributed by atoms with Gasteiger partial charge in [-0.1, -0.05) is 35.5 Å². The Morgan fingerprint density at radius 2 is 2.13 bits per heavy atom. The third-order valence-corrected chi connectivity index (χ3v) is 3.34. The smallest absolute Gasteiger partial charge is 0.239 e. The fourth-order valence-electron chi connectivity index (χ4n) is 2.12. The number of aryl methyl sites for hydroxylation is 1. The second-order valence-corrected chi connectivity index (χ2v) is 5.08. The molecule has 8 heteroatoms. The van der Waals surface area contributed by atoms with Crippen molar-refractivity contribution < 1.29 is 9.32 Å². The third-order valence-electron chi connectivity index (χ3n) is 3.34. The Morgan fingerprint density at radius 3 is 2.87 bits per heavy atom. The van der Waals surface area contributed by atoms with Crippen LogP contribution < -0.4 is 0 Å². The normalized spacial score (nSPS) is 10.7. The fraction of sp³-hybridized carbons (Fsp3) is 0.267. The zero-order valence-corrected chi connectivity index (χ0v) is 12.6. The van der Waals surface area contributed by atoms with E-state index in [9.17, 15) is 4.79 Å². The minimum absolute atomic E-state index is 0.0215. The first-order valence-corrected chi connectivity index (χ1v) is 7.18. The van der Waals surface area contributed by atoms with Crippen LogP contribution in [0.3, 0.4) is 0 Å². The van der Waals surface area contributed by atoms with Crippen LogP contribution in [-0.2, 0) is 17.8 Å². The van der Waals surface area contributed by atoms with Crippen LogP contribution in [0.5, 0.6) is 0 Å². The van der Waals surface area contributed by atoms with Crippen LogP contribution in [-0.4, -0.2) is 43.2 Å². The highest BCUT2D eigenvalue weighted by Gasteiger charge is 2.14. The van der Waals surface area contributed by atoms with Crippen molar-refractivity contribution in [2.45, 2.75) is 19.4 Å². The molecule has 3 rings (SSSR count). The Hall–Kier alpha value is -3.03. The molecule has 0 saturated carbocycles. The van der Waals surface area contributed by atoms with Gasteiger partial charge in [-0.05, 0) is 5.56 Å². The molecule has 0 aliphatic carbocycles. The molecule has 0 unspecified atom stereocenters. The van der Waals surface area contributed by atoms with Crippen LogP contribution >= 0.6 is 0 Å². The highest BCUT2D eigenvalue weighted by Crippen LogP contribution is 2.11. The van der Waals surface area contributed by atoms with Crippen molar-refractivity contribution in [3.05, 3.63) is 48.1 Å². The number of benzene rings is 1. The van der Waals surface area contributed by atoms with Crippen LogP contribution in [0.1, 0.15) is 17.9 Å². The van der Waals surface area contributed by atoms with Gasteiger partial charge in [0.25, 0.3) is 0 Å². The average molecular weight is 312 g/mol. The monoisotopic (exact) mass is 312 g/mol. The van der Waals surface area contributed by atoms with Crippen molar-refractivity contribution in [2.24, 2.45) is 0 Å². The summed E-state index contributed by atoms with van der Waals surface area (Å²) in [5.41, 5.74) is 1.09. The summed E-state index contributed by atoms with van der Waals surface area (Å²) >= 11 is 0. The van der Waals surface area contributed by atoms with E-state index >= 15 is 0 Å². The van der Waals surface area contributed by atoms with E-state index in [1.807, 2.05) is 30.3 Å². The number of aromatic amines is 1. The molecule has 1 aromatic carbocycles. The van der Waals surface area contributed by atoms with E-state index < -0.39 is 0 Å². The molecule has 0 bridgehead atoms. The van der Waals surface area contributed by atoms with Gasteiger partial charge in [0.05, 0.1) is 0 Å². The highest BCUT2D eigenvalue weighted by molar-refractivity contribution is 5.76. The van der Waals surface area contributed by atoms with Crippen molar-refractivity contribution in [1.82, 2.24) is 30.2 Å². The van der Waals surface area contributed by atoms with E-state index in [0.29, 0.717) is 36.9 Å². The number of nitrogens with one attached hydrogen (secondary N) is 1. The van der Waals surface area contributed by atoms with Crippen molar-refractivity contribution >= 4 is 5.91 Å². The molecular formula is C15H16N6O2.